The predicted octanol–water partition coefficient (Wildman–Crippen LogP) is 3.30. The summed E-state index contributed by atoms with van der Waals surface area (Å²) in [6.45, 7) is 4.40. The van der Waals surface area contributed by atoms with Crippen molar-refractivity contribution in [2.24, 2.45) is 0 Å². The molecule has 2 aromatic rings. The van der Waals surface area contributed by atoms with E-state index in [1.807, 2.05) is 48.5 Å². The number of ether oxygens (including phenoxy) is 2. The maximum atomic E-state index is 12.0. The molecule has 0 saturated carbocycles. The van der Waals surface area contributed by atoms with E-state index in [1.54, 1.807) is 0 Å². The van der Waals surface area contributed by atoms with Crippen molar-refractivity contribution in [3.8, 4) is 5.75 Å². The summed E-state index contributed by atoms with van der Waals surface area (Å²) in [7, 11) is 0. The Morgan fingerprint density at radius 3 is 2.56 bits per heavy atom. The molecule has 1 saturated heterocycles. The molecule has 1 aliphatic heterocycles. The maximum absolute atomic E-state index is 12.0. The van der Waals surface area contributed by atoms with Gasteiger partial charge in [0.15, 0.2) is 6.61 Å². The van der Waals surface area contributed by atoms with Crippen LogP contribution in [0.1, 0.15) is 5.56 Å². The summed E-state index contributed by atoms with van der Waals surface area (Å²) in [5.74, 6) is 0.468. The van der Waals surface area contributed by atoms with Gasteiger partial charge in [-0.25, -0.2) is 0 Å². The first-order valence-electron chi connectivity index (χ1n) is 8.27. The summed E-state index contributed by atoms with van der Waals surface area (Å²) in [5.41, 5.74) is 2.00. The van der Waals surface area contributed by atoms with Crippen LogP contribution in [0.25, 0.3) is 0 Å². The fourth-order valence-corrected chi connectivity index (χ4v) is 3.01. The second kappa shape index (κ2) is 8.99. The number of benzene rings is 2. The SMILES string of the molecule is O=C(COc1ccccc1Br)Nc1ccc(CN2CCOCC2)cc1. The largest absolute Gasteiger partial charge is 0.483 e. The number of halogens is 1. The molecule has 0 bridgehead atoms. The van der Waals surface area contributed by atoms with Gasteiger partial charge < -0.3 is 14.8 Å². The van der Waals surface area contributed by atoms with E-state index < -0.39 is 0 Å². The molecule has 2 aromatic carbocycles. The lowest BCUT2D eigenvalue weighted by Crippen LogP contribution is -2.35. The van der Waals surface area contributed by atoms with Crippen LogP contribution in [0, 0.1) is 0 Å². The molecule has 6 heteroatoms. The topological polar surface area (TPSA) is 50.8 Å². The van der Waals surface area contributed by atoms with E-state index in [0.717, 1.165) is 43.0 Å². The van der Waals surface area contributed by atoms with Crippen molar-refractivity contribution in [2.75, 3.05) is 38.2 Å². The van der Waals surface area contributed by atoms with Crippen LogP contribution in [0.5, 0.6) is 5.75 Å². The van der Waals surface area contributed by atoms with Gasteiger partial charge in [0.25, 0.3) is 5.91 Å². The number of para-hydroxylation sites is 1. The van der Waals surface area contributed by atoms with E-state index in [0.29, 0.717) is 5.75 Å². The molecule has 132 valence electrons. The minimum absolute atomic E-state index is 0.0296. The van der Waals surface area contributed by atoms with E-state index >= 15 is 0 Å². The van der Waals surface area contributed by atoms with E-state index in [9.17, 15) is 4.79 Å². The Morgan fingerprint density at radius 2 is 1.84 bits per heavy atom. The zero-order valence-corrected chi connectivity index (χ0v) is 15.5. The second-order valence-electron chi connectivity index (χ2n) is 5.85. The van der Waals surface area contributed by atoms with Crippen LogP contribution in [0.3, 0.4) is 0 Å². The van der Waals surface area contributed by atoms with Gasteiger partial charge in [0.05, 0.1) is 17.7 Å². The number of morpholine rings is 1. The number of nitrogens with zero attached hydrogens (tertiary/aromatic N) is 1. The van der Waals surface area contributed by atoms with Crippen LogP contribution in [0.2, 0.25) is 0 Å². The molecule has 1 amide bonds. The number of anilines is 1. The van der Waals surface area contributed by atoms with Crippen LogP contribution < -0.4 is 10.1 Å². The first-order valence-corrected chi connectivity index (χ1v) is 9.06. The highest BCUT2D eigenvalue weighted by molar-refractivity contribution is 9.10. The number of carbonyl (C=O) groups is 1. The highest BCUT2D eigenvalue weighted by Gasteiger charge is 2.11. The van der Waals surface area contributed by atoms with Gasteiger partial charge in [-0.3, -0.25) is 9.69 Å². The van der Waals surface area contributed by atoms with Crippen molar-refractivity contribution in [3.05, 3.63) is 58.6 Å². The Kier molecular flexibility index (Phi) is 6.44. The number of hydrogen-bond acceptors (Lipinski definition) is 4. The first-order chi connectivity index (χ1) is 12.2. The third-order valence-electron chi connectivity index (χ3n) is 3.94. The molecule has 0 aliphatic carbocycles. The van der Waals surface area contributed by atoms with Crippen LogP contribution >= 0.6 is 15.9 Å². The van der Waals surface area contributed by atoms with Gasteiger partial charge in [-0.05, 0) is 45.8 Å². The molecule has 5 nitrogen and oxygen atoms in total. The molecule has 0 aromatic heterocycles. The van der Waals surface area contributed by atoms with Crippen LogP contribution in [-0.4, -0.2) is 43.7 Å². The zero-order valence-electron chi connectivity index (χ0n) is 13.9. The first kappa shape index (κ1) is 17.9. The summed E-state index contributed by atoms with van der Waals surface area (Å²) >= 11 is 3.39. The van der Waals surface area contributed by atoms with Crippen LogP contribution in [-0.2, 0) is 16.1 Å². The lowest BCUT2D eigenvalue weighted by atomic mass is 10.2. The molecular weight excluding hydrogens is 384 g/mol. The van der Waals surface area contributed by atoms with Gasteiger partial charge in [-0.15, -0.1) is 0 Å². The number of nitrogens with one attached hydrogen (secondary N) is 1. The Hall–Kier alpha value is -1.89. The average molecular weight is 405 g/mol. The fourth-order valence-electron chi connectivity index (χ4n) is 2.61. The third-order valence-corrected chi connectivity index (χ3v) is 4.60. The summed E-state index contributed by atoms with van der Waals surface area (Å²) in [6, 6.07) is 15.4. The fraction of sp³-hybridized carbons (Fsp3) is 0.316. The monoisotopic (exact) mass is 404 g/mol. The molecule has 1 aliphatic rings. The van der Waals surface area contributed by atoms with Gasteiger partial charge >= 0.3 is 0 Å². The highest BCUT2D eigenvalue weighted by atomic mass is 79.9. The lowest BCUT2D eigenvalue weighted by molar-refractivity contribution is -0.118. The Balaban J connectivity index is 1.47. The molecule has 0 spiro atoms. The molecular formula is C19H21BrN2O3. The minimum atomic E-state index is -0.184. The van der Waals surface area contributed by atoms with E-state index in [1.165, 1.54) is 5.56 Å². The standard InChI is InChI=1S/C19H21BrN2O3/c20-17-3-1-2-4-18(17)25-14-19(23)21-16-7-5-15(6-8-16)13-22-9-11-24-12-10-22/h1-8H,9-14H2,(H,21,23). The van der Waals surface area contributed by atoms with Crippen molar-refractivity contribution < 1.29 is 14.3 Å². The van der Waals surface area contributed by atoms with Gasteiger partial charge in [0, 0.05) is 25.3 Å². The zero-order chi connectivity index (χ0) is 17.5. The summed E-state index contributed by atoms with van der Waals surface area (Å²) in [4.78, 5) is 14.4. The number of hydrogen-bond donors (Lipinski definition) is 1. The molecule has 0 unspecified atom stereocenters. The molecule has 3 rings (SSSR count). The van der Waals surface area contributed by atoms with Crippen LogP contribution in [0.15, 0.2) is 53.0 Å². The summed E-state index contributed by atoms with van der Waals surface area (Å²) in [6.07, 6.45) is 0. The summed E-state index contributed by atoms with van der Waals surface area (Å²) in [5, 5.41) is 2.85. The van der Waals surface area contributed by atoms with Gasteiger partial charge in [-0.1, -0.05) is 24.3 Å². The van der Waals surface area contributed by atoms with Gasteiger partial charge in [-0.2, -0.15) is 0 Å². The normalized spacial score (nSPS) is 14.9. The Bertz CT molecular complexity index is 700. The Morgan fingerprint density at radius 1 is 1.12 bits per heavy atom. The van der Waals surface area contributed by atoms with Crippen molar-refractivity contribution >= 4 is 27.5 Å². The van der Waals surface area contributed by atoms with E-state index in [4.69, 9.17) is 9.47 Å². The molecule has 1 N–H and O–H groups in total. The molecule has 1 fully saturated rings. The lowest BCUT2D eigenvalue weighted by Gasteiger charge is -2.26. The van der Waals surface area contributed by atoms with E-state index in [2.05, 4.69) is 26.1 Å². The van der Waals surface area contributed by atoms with Crippen molar-refractivity contribution in [1.82, 2.24) is 4.90 Å². The minimum Gasteiger partial charge on any atom is -0.483 e. The number of carbonyl (C=O) groups excluding carboxylic acids is 1. The average Bonchev–Trinajstić information content (AvgIpc) is 2.64. The summed E-state index contributed by atoms with van der Waals surface area (Å²) < 4.78 is 11.7. The van der Waals surface area contributed by atoms with E-state index in [-0.39, 0.29) is 12.5 Å². The third kappa shape index (κ3) is 5.56. The van der Waals surface area contributed by atoms with Crippen molar-refractivity contribution in [3.63, 3.8) is 0 Å². The number of amides is 1. The van der Waals surface area contributed by atoms with Gasteiger partial charge in [0.2, 0.25) is 0 Å². The maximum Gasteiger partial charge on any atom is 0.262 e. The molecule has 1 heterocycles. The number of rotatable bonds is 6. The smallest absolute Gasteiger partial charge is 0.262 e. The highest BCUT2D eigenvalue weighted by Crippen LogP contribution is 2.23. The van der Waals surface area contributed by atoms with Crippen molar-refractivity contribution in [1.29, 1.82) is 0 Å². The molecule has 0 atom stereocenters. The second-order valence-corrected chi connectivity index (χ2v) is 6.71. The quantitative estimate of drug-likeness (QED) is 0.802. The van der Waals surface area contributed by atoms with Crippen molar-refractivity contribution in [2.45, 2.75) is 6.54 Å². The molecule has 25 heavy (non-hydrogen) atoms. The van der Waals surface area contributed by atoms with Crippen LogP contribution in [0.4, 0.5) is 5.69 Å². The van der Waals surface area contributed by atoms with Gasteiger partial charge in [0.1, 0.15) is 5.75 Å². The predicted molar refractivity (Wildman–Crippen MR) is 101 cm³/mol. The molecule has 0 radical (unpaired) electrons. The Labute approximate surface area is 156 Å².